The smallest absolute Gasteiger partial charge is 0.183 e. The van der Waals surface area contributed by atoms with E-state index in [1.54, 1.807) is 18.2 Å². The van der Waals surface area contributed by atoms with Crippen LogP contribution in [0.3, 0.4) is 0 Å². The molecule has 2 saturated carbocycles. The van der Waals surface area contributed by atoms with Crippen molar-refractivity contribution in [2.24, 2.45) is 23.7 Å². The molecule has 5 rings (SSSR count). The highest BCUT2D eigenvalue weighted by molar-refractivity contribution is 5.65. The molecule has 0 amide bonds. The minimum atomic E-state index is -0.553. The maximum Gasteiger partial charge on any atom is 0.183 e. The molecule has 3 fully saturated rings. The molecule has 2 aromatic carbocycles. The quantitative estimate of drug-likeness (QED) is 0.424. The molecule has 3 aliphatic rings. The molecule has 0 aromatic heterocycles. The fraction of sp³-hybridized carbons (Fsp3) is 0.613. The molecular formula is C31H40F2O2. The minimum absolute atomic E-state index is 0.289. The second-order valence-corrected chi connectivity index (χ2v) is 11.4. The third kappa shape index (κ3) is 5.64. The van der Waals surface area contributed by atoms with Crippen molar-refractivity contribution in [3.05, 3.63) is 59.2 Å². The number of halogens is 2. The summed E-state index contributed by atoms with van der Waals surface area (Å²) in [6, 6.07) is 10.3. The van der Waals surface area contributed by atoms with Gasteiger partial charge >= 0.3 is 0 Å². The van der Waals surface area contributed by atoms with Gasteiger partial charge in [-0.3, -0.25) is 0 Å². The van der Waals surface area contributed by atoms with Crippen molar-refractivity contribution in [2.45, 2.75) is 83.8 Å². The predicted molar refractivity (Wildman–Crippen MR) is 136 cm³/mol. The van der Waals surface area contributed by atoms with Crippen molar-refractivity contribution in [3.63, 3.8) is 0 Å². The summed E-state index contributed by atoms with van der Waals surface area (Å²) in [6.07, 6.45) is 10.4. The molecule has 0 bridgehead atoms. The van der Waals surface area contributed by atoms with Gasteiger partial charge in [0.15, 0.2) is 6.29 Å². The first-order valence-corrected chi connectivity index (χ1v) is 13.8. The van der Waals surface area contributed by atoms with Gasteiger partial charge in [-0.2, -0.15) is 0 Å². The second-order valence-electron chi connectivity index (χ2n) is 11.4. The Hall–Kier alpha value is -1.78. The van der Waals surface area contributed by atoms with Gasteiger partial charge in [0, 0.05) is 22.6 Å². The van der Waals surface area contributed by atoms with E-state index in [0.717, 1.165) is 30.2 Å². The molecule has 2 nitrogen and oxygen atoms in total. The largest absolute Gasteiger partial charge is 0.348 e. The first-order chi connectivity index (χ1) is 17.0. The topological polar surface area (TPSA) is 18.5 Å². The average molecular weight is 483 g/mol. The number of hydrogen-bond acceptors (Lipinski definition) is 2. The Morgan fingerprint density at radius 3 is 1.86 bits per heavy atom. The maximum absolute atomic E-state index is 15.1. The van der Waals surface area contributed by atoms with Crippen LogP contribution in [0.25, 0.3) is 11.1 Å². The SMILES string of the molecule is CCC1CCC(c2ccc(-c3ccc(C4OCC(C5CCC(C)CC5)CO4)cc3F)c(F)c2)CC1. The first-order valence-electron chi connectivity index (χ1n) is 13.8. The van der Waals surface area contributed by atoms with Crippen molar-refractivity contribution in [3.8, 4) is 11.1 Å². The van der Waals surface area contributed by atoms with Crippen molar-refractivity contribution in [1.82, 2.24) is 0 Å². The van der Waals surface area contributed by atoms with Gasteiger partial charge in [-0.1, -0.05) is 57.4 Å². The van der Waals surface area contributed by atoms with Crippen LogP contribution >= 0.6 is 0 Å². The van der Waals surface area contributed by atoms with Gasteiger partial charge in [0.1, 0.15) is 11.6 Å². The summed E-state index contributed by atoms with van der Waals surface area (Å²) in [4.78, 5) is 0. The molecule has 35 heavy (non-hydrogen) atoms. The van der Waals surface area contributed by atoms with Crippen molar-refractivity contribution in [1.29, 1.82) is 0 Å². The summed E-state index contributed by atoms with van der Waals surface area (Å²) >= 11 is 0. The Bertz CT molecular complexity index is 981. The number of ether oxygens (including phenoxy) is 2. The van der Waals surface area contributed by atoms with Gasteiger partial charge in [-0.05, 0) is 79.9 Å². The van der Waals surface area contributed by atoms with Crippen LogP contribution in [0.15, 0.2) is 36.4 Å². The van der Waals surface area contributed by atoms with Crippen LogP contribution in [0.2, 0.25) is 0 Å². The second kappa shape index (κ2) is 11.1. The Morgan fingerprint density at radius 1 is 0.714 bits per heavy atom. The summed E-state index contributed by atoms with van der Waals surface area (Å²) in [5.74, 6) is 2.35. The Kier molecular flexibility index (Phi) is 7.89. The van der Waals surface area contributed by atoms with Gasteiger partial charge in [-0.15, -0.1) is 0 Å². The molecule has 4 heteroatoms. The lowest BCUT2D eigenvalue weighted by molar-refractivity contribution is -0.214. The molecule has 0 N–H and O–H groups in total. The first kappa shape index (κ1) is 24.9. The van der Waals surface area contributed by atoms with Crippen LogP contribution < -0.4 is 0 Å². The third-order valence-electron chi connectivity index (χ3n) is 9.09. The lowest BCUT2D eigenvalue weighted by Gasteiger charge is -2.37. The summed E-state index contributed by atoms with van der Waals surface area (Å²) in [7, 11) is 0. The van der Waals surface area contributed by atoms with Crippen molar-refractivity contribution >= 4 is 0 Å². The molecule has 2 aliphatic carbocycles. The number of hydrogen-bond donors (Lipinski definition) is 0. The van der Waals surface area contributed by atoms with E-state index < -0.39 is 12.1 Å². The standard InChI is InChI=1S/C31H40F2O2/c1-3-21-6-10-22(11-7-21)24-12-14-27(29(32)16-24)28-15-13-25(17-30(28)33)31-34-18-26(19-35-31)23-8-4-20(2)5-9-23/h12-17,20-23,26,31H,3-11,18-19H2,1-2H3. The molecule has 0 atom stereocenters. The van der Waals surface area contributed by atoms with Gasteiger partial charge in [-0.25, -0.2) is 8.78 Å². The van der Waals surface area contributed by atoms with E-state index in [0.29, 0.717) is 42.1 Å². The number of rotatable bonds is 5. The van der Waals surface area contributed by atoms with E-state index in [2.05, 4.69) is 13.8 Å². The van der Waals surface area contributed by atoms with Gasteiger partial charge in [0.2, 0.25) is 0 Å². The molecule has 0 spiro atoms. The van der Waals surface area contributed by atoms with Crippen molar-refractivity contribution in [2.75, 3.05) is 13.2 Å². The normalized spacial score (nSPS) is 31.9. The van der Waals surface area contributed by atoms with Crippen LogP contribution in [-0.2, 0) is 9.47 Å². The Labute approximate surface area is 209 Å². The van der Waals surface area contributed by atoms with E-state index in [4.69, 9.17) is 9.47 Å². The zero-order chi connectivity index (χ0) is 24.4. The Balaban J connectivity index is 1.22. The Morgan fingerprint density at radius 2 is 1.29 bits per heavy atom. The highest BCUT2D eigenvalue weighted by Crippen LogP contribution is 2.40. The van der Waals surface area contributed by atoms with Crippen LogP contribution in [0.1, 0.15) is 95.0 Å². The summed E-state index contributed by atoms with van der Waals surface area (Å²) < 4.78 is 42.3. The highest BCUT2D eigenvalue weighted by atomic mass is 19.1. The molecule has 190 valence electrons. The van der Waals surface area contributed by atoms with Crippen LogP contribution in [-0.4, -0.2) is 13.2 Å². The number of benzene rings is 2. The predicted octanol–water partition coefficient (Wildman–Crippen LogP) is 8.80. The fourth-order valence-corrected chi connectivity index (χ4v) is 6.54. The summed E-state index contributed by atoms with van der Waals surface area (Å²) in [6.45, 7) is 5.89. The van der Waals surface area contributed by atoms with E-state index >= 15 is 8.78 Å². The molecule has 1 heterocycles. The van der Waals surface area contributed by atoms with E-state index in [9.17, 15) is 0 Å². The fourth-order valence-electron chi connectivity index (χ4n) is 6.54. The van der Waals surface area contributed by atoms with Crippen molar-refractivity contribution < 1.29 is 18.3 Å². The molecule has 1 aliphatic heterocycles. The van der Waals surface area contributed by atoms with Gasteiger partial charge < -0.3 is 9.47 Å². The lowest BCUT2D eigenvalue weighted by Crippen LogP contribution is -2.34. The van der Waals surface area contributed by atoms with E-state index in [1.165, 1.54) is 51.0 Å². The maximum atomic E-state index is 15.1. The van der Waals surface area contributed by atoms with E-state index in [1.807, 2.05) is 12.1 Å². The van der Waals surface area contributed by atoms with Crippen LogP contribution in [0, 0.1) is 35.3 Å². The molecule has 1 saturated heterocycles. The van der Waals surface area contributed by atoms with Gasteiger partial charge in [0.05, 0.1) is 13.2 Å². The molecule has 2 aromatic rings. The molecule has 0 radical (unpaired) electrons. The monoisotopic (exact) mass is 482 g/mol. The van der Waals surface area contributed by atoms with Gasteiger partial charge in [0.25, 0.3) is 0 Å². The van der Waals surface area contributed by atoms with E-state index in [-0.39, 0.29) is 11.4 Å². The minimum Gasteiger partial charge on any atom is -0.348 e. The summed E-state index contributed by atoms with van der Waals surface area (Å²) in [5.41, 5.74) is 2.31. The molecule has 0 unspecified atom stereocenters. The lowest BCUT2D eigenvalue weighted by atomic mass is 9.76. The van der Waals surface area contributed by atoms with Crippen LogP contribution in [0.5, 0.6) is 0 Å². The zero-order valence-corrected chi connectivity index (χ0v) is 21.3. The van der Waals surface area contributed by atoms with Crippen LogP contribution in [0.4, 0.5) is 8.78 Å². The zero-order valence-electron chi connectivity index (χ0n) is 21.3. The molecular weight excluding hydrogens is 442 g/mol. The third-order valence-corrected chi connectivity index (χ3v) is 9.09. The summed E-state index contributed by atoms with van der Waals surface area (Å²) in [5, 5.41) is 0. The highest BCUT2D eigenvalue weighted by Gasteiger charge is 2.32. The average Bonchev–Trinajstić information content (AvgIpc) is 2.89.